The zero-order chi connectivity index (χ0) is 38.0. The average Bonchev–Trinajstić information content (AvgIpc) is 3.96. The number of benzene rings is 3. The Bertz CT molecular complexity index is 1860. The van der Waals surface area contributed by atoms with Crippen LogP contribution in [0.2, 0.25) is 5.02 Å². The largest absolute Gasteiger partial charge is 0.496 e. The Morgan fingerprint density at radius 3 is 2.40 bits per heavy atom. The molecule has 3 aromatic rings. The smallest absolute Gasteiger partial charge is 0.411 e. The van der Waals surface area contributed by atoms with Gasteiger partial charge in [-0.3, -0.25) is 9.69 Å². The lowest BCUT2D eigenvalue weighted by Crippen LogP contribution is -2.59. The second kappa shape index (κ2) is 16.1. The SMILES string of the molecule is COc1cccc(CN(C(=O)C2=C(c3ccc(CCCOc4c(F)ccc(F)c4Cl)cc3)CC3CC(CN)CC2N3C(=O)OC(C)(C)C)C2CC2)c1C. The first-order valence-corrected chi connectivity index (χ1v) is 18.9. The number of carbonyl (C=O) groups excluding carboxylic acids is 2. The zero-order valence-corrected chi connectivity index (χ0v) is 32.0. The minimum absolute atomic E-state index is 0.0659. The van der Waals surface area contributed by atoms with Gasteiger partial charge in [-0.25, -0.2) is 13.6 Å². The molecule has 284 valence electrons. The van der Waals surface area contributed by atoms with Crippen LogP contribution in [-0.4, -0.2) is 65.8 Å². The third-order valence-corrected chi connectivity index (χ3v) is 10.9. The molecule has 3 unspecified atom stereocenters. The van der Waals surface area contributed by atoms with Gasteiger partial charge >= 0.3 is 6.09 Å². The van der Waals surface area contributed by atoms with Crippen molar-refractivity contribution in [3.05, 3.63) is 99.1 Å². The van der Waals surface area contributed by atoms with E-state index in [-0.39, 0.29) is 41.3 Å². The summed E-state index contributed by atoms with van der Waals surface area (Å²) >= 11 is 5.91. The predicted molar refractivity (Wildman–Crippen MR) is 202 cm³/mol. The molecule has 11 heteroatoms. The molecule has 8 nitrogen and oxygen atoms in total. The monoisotopic (exact) mass is 749 g/mol. The van der Waals surface area contributed by atoms with Crippen LogP contribution in [0.5, 0.6) is 11.5 Å². The highest BCUT2D eigenvalue weighted by Crippen LogP contribution is 2.46. The van der Waals surface area contributed by atoms with Crippen molar-refractivity contribution in [1.82, 2.24) is 9.80 Å². The zero-order valence-electron chi connectivity index (χ0n) is 31.2. The van der Waals surface area contributed by atoms with Gasteiger partial charge in [0.05, 0.1) is 19.8 Å². The topological polar surface area (TPSA) is 94.3 Å². The highest BCUT2D eigenvalue weighted by Gasteiger charge is 2.49. The molecule has 2 aliphatic heterocycles. The van der Waals surface area contributed by atoms with E-state index in [9.17, 15) is 13.6 Å². The standard InChI is InChI=1S/C42H50ClF2N3O5/c1-25-29(9-6-10-36(25)51-5)24-47(30-15-16-30)40(49)37-32(22-31-20-27(23-46)21-35(37)48(31)41(50)53-42(2,3)4)28-13-11-26(12-14-28)8-7-19-52-39-34(45)18-17-33(44)38(39)43/h6,9-14,17-18,27,30-31,35H,7-8,15-16,19-24,46H2,1-5H3. The summed E-state index contributed by atoms with van der Waals surface area (Å²) in [6, 6.07) is 15.4. The number of amides is 2. The van der Waals surface area contributed by atoms with E-state index in [1.165, 1.54) is 0 Å². The number of carbonyl (C=O) groups is 2. The Morgan fingerprint density at radius 1 is 1.02 bits per heavy atom. The Morgan fingerprint density at radius 2 is 1.74 bits per heavy atom. The summed E-state index contributed by atoms with van der Waals surface area (Å²) in [7, 11) is 1.65. The number of fused-ring (bicyclic) bond motifs is 2. The molecule has 1 saturated carbocycles. The number of hydrogen-bond acceptors (Lipinski definition) is 6. The van der Waals surface area contributed by atoms with Gasteiger partial charge in [-0.2, -0.15) is 0 Å². The van der Waals surface area contributed by atoms with E-state index in [4.69, 9.17) is 31.5 Å². The van der Waals surface area contributed by atoms with Gasteiger partial charge in [0.15, 0.2) is 11.6 Å². The van der Waals surface area contributed by atoms with Crippen molar-refractivity contribution in [2.45, 2.75) is 103 Å². The van der Waals surface area contributed by atoms with Crippen LogP contribution in [0.15, 0.2) is 60.2 Å². The van der Waals surface area contributed by atoms with E-state index in [1.807, 2.05) is 80.0 Å². The third kappa shape index (κ3) is 8.65. The summed E-state index contributed by atoms with van der Waals surface area (Å²) in [4.78, 5) is 32.9. The van der Waals surface area contributed by atoms with Crippen LogP contribution < -0.4 is 15.2 Å². The molecule has 53 heavy (non-hydrogen) atoms. The number of methoxy groups -OCH3 is 1. The van der Waals surface area contributed by atoms with Crippen LogP contribution in [0.3, 0.4) is 0 Å². The van der Waals surface area contributed by atoms with Crippen LogP contribution in [0.1, 0.15) is 81.5 Å². The van der Waals surface area contributed by atoms with E-state index in [0.29, 0.717) is 44.3 Å². The minimum Gasteiger partial charge on any atom is -0.496 e. The first-order chi connectivity index (χ1) is 25.3. The van der Waals surface area contributed by atoms with Gasteiger partial charge in [0.2, 0.25) is 0 Å². The van der Waals surface area contributed by atoms with Crippen molar-refractivity contribution in [2.75, 3.05) is 20.3 Å². The van der Waals surface area contributed by atoms with Gasteiger partial charge < -0.3 is 24.8 Å². The van der Waals surface area contributed by atoms with Crippen molar-refractivity contribution in [3.63, 3.8) is 0 Å². The molecular weight excluding hydrogens is 700 g/mol. The maximum atomic E-state index is 15.2. The van der Waals surface area contributed by atoms with Crippen molar-refractivity contribution < 1.29 is 32.6 Å². The van der Waals surface area contributed by atoms with Crippen molar-refractivity contribution in [3.8, 4) is 11.5 Å². The molecule has 0 radical (unpaired) electrons. The Kier molecular flexibility index (Phi) is 11.7. The van der Waals surface area contributed by atoms with Crippen molar-refractivity contribution >= 4 is 29.2 Å². The van der Waals surface area contributed by atoms with Crippen LogP contribution in [0, 0.1) is 24.5 Å². The molecule has 2 N–H and O–H groups in total. The van der Waals surface area contributed by atoms with E-state index in [0.717, 1.165) is 65.0 Å². The van der Waals surface area contributed by atoms with Gasteiger partial charge in [-0.05, 0) is 131 Å². The molecule has 1 saturated heterocycles. The molecule has 2 heterocycles. The molecule has 2 bridgehead atoms. The number of ether oxygens (including phenoxy) is 3. The molecule has 0 aromatic heterocycles. The Labute approximate surface area is 316 Å². The van der Waals surface area contributed by atoms with Crippen LogP contribution in [-0.2, 0) is 22.5 Å². The molecule has 3 aromatic carbocycles. The van der Waals surface area contributed by atoms with E-state index >= 15 is 4.79 Å². The molecule has 0 spiro atoms. The number of piperidine rings is 1. The molecular formula is C42H50ClF2N3O5. The fraction of sp³-hybridized carbons (Fsp3) is 0.476. The Hall–Kier alpha value is -4.15. The first-order valence-electron chi connectivity index (χ1n) is 18.5. The molecule has 1 aliphatic carbocycles. The number of nitrogens with two attached hydrogens (primary N) is 1. The quantitative estimate of drug-likeness (QED) is 0.147. The lowest BCUT2D eigenvalue weighted by molar-refractivity contribution is -0.129. The average molecular weight is 750 g/mol. The fourth-order valence-electron chi connectivity index (χ4n) is 7.70. The minimum atomic E-state index is -0.735. The summed E-state index contributed by atoms with van der Waals surface area (Å²) in [5.41, 5.74) is 11.1. The van der Waals surface area contributed by atoms with Crippen molar-refractivity contribution in [2.24, 2.45) is 11.7 Å². The third-order valence-electron chi connectivity index (χ3n) is 10.5. The molecule has 6 rings (SSSR count). The van der Waals surface area contributed by atoms with E-state index in [1.54, 1.807) is 7.11 Å². The second-order valence-electron chi connectivity index (χ2n) is 15.5. The number of nitrogens with zero attached hydrogens (tertiary/aromatic N) is 2. The van der Waals surface area contributed by atoms with Gasteiger partial charge in [0, 0.05) is 24.2 Å². The van der Waals surface area contributed by atoms with Crippen LogP contribution in [0.4, 0.5) is 13.6 Å². The van der Waals surface area contributed by atoms with Gasteiger partial charge in [-0.15, -0.1) is 0 Å². The lowest BCUT2D eigenvalue weighted by Gasteiger charge is -2.50. The fourth-order valence-corrected chi connectivity index (χ4v) is 7.91. The highest BCUT2D eigenvalue weighted by atomic mass is 35.5. The molecule has 3 aliphatic rings. The maximum Gasteiger partial charge on any atom is 0.411 e. The second-order valence-corrected chi connectivity index (χ2v) is 15.8. The number of hydrogen-bond donors (Lipinski definition) is 1. The van der Waals surface area contributed by atoms with E-state index in [2.05, 4.69) is 0 Å². The maximum absolute atomic E-state index is 15.2. The highest BCUT2D eigenvalue weighted by molar-refractivity contribution is 6.32. The van der Waals surface area contributed by atoms with E-state index < -0.39 is 29.4 Å². The molecule has 2 amide bonds. The summed E-state index contributed by atoms with van der Waals surface area (Å²) < 4.78 is 45.1. The van der Waals surface area contributed by atoms with Crippen LogP contribution >= 0.6 is 11.6 Å². The lowest BCUT2D eigenvalue weighted by atomic mass is 9.73. The summed E-state index contributed by atoms with van der Waals surface area (Å²) in [6.07, 6.45) is 4.40. The number of rotatable bonds is 12. The van der Waals surface area contributed by atoms with Crippen molar-refractivity contribution in [1.29, 1.82) is 0 Å². The van der Waals surface area contributed by atoms with Gasteiger partial charge in [-0.1, -0.05) is 48.0 Å². The summed E-state index contributed by atoms with van der Waals surface area (Å²) in [5.74, 6) is -0.864. The molecule has 2 fully saturated rings. The Balaban J connectivity index is 1.32. The van der Waals surface area contributed by atoms with Crippen LogP contribution in [0.25, 0.3) is 5.57 Å². The van der Waals surface area contributed by atoms with Gasteiger partial charge in [0.1, 0.15) is 22.2 Å². The van der Waals surface area contributed by atoms with Gasteiger partial charge in [0.25, 0.3) is 5.91 Å². The normalized spacial score (nSPS) is 19.9. The summed E-state index contributed by atoms with van der Waals surface area (Å²) in [5, 5.41) is -0.368. The molecule has 3 atom stereocenters. The summed E-state index contributed by atoms with van der Waals surface area (Å²) in [6.45, 7) is 8.63. The number of halogens is 3. The predicted octanol–water partition coefficient (Wildman–Crippen LogP) is 8.64. The number of aryl methyl sites for hydroxylation is 1. The first kappa shape index (κ1) is 38.6.